The summed E-state index contributed by atoms with van der Waals surface area (Å²) in [6.07, 6.45) is 0. The van der Waals surface area contributed by atoms with Crippen LogP contribution in [0.3, 0.4) is 0 Å². The smallest absolute Gasteiger partial charge is 0.231 e. The Bertz CT molecular complexity index is 456. The third-order valence-corrected chi connectivity index (χ3v) is 2.21. The van der Waals surface area contributed by atoms with Crippen LogP contribution in [0.15, 0.2) is 48.5 Å². The van der Waals surface area contributed by atoms with Gasteiger partial charge in [0.1, 0.15) is 5.75 Å². The van der Waals surface area contributed by atoms with E-state index in [0.29, 0.717) is 12.5 Å². The standard InChI is InChI=1S/C7H6O2.C6H7NO/c1-2-4-7-6(3-1)8-5-9-7;7-5-3-1-2-4-6(5)8/h1-4H,5H2;1-4,8H,7H2. The first-order chi connectivity index (χ1) is 8.27. The van der Waals surface area contributed by atoms with Gasteiger partial charge in [0, 0.05) is 0 Å². The lowest BCUT2D eigenvalue weighted by Gasteiger charge is -1.92. The molecule has 1 heterocycles. The van der Waals surface area contributed by atoms with Gasteiger partial charge < -0.3 is 20.3 Å². The van der Waals surface area contributed by atoms with Gasteiger partial charge in [-0.05, 0) is 24.3 Å². The number of ether oxygens (including phenoxy) is 2. The SMILES string of the molecule is Nc1ccccc1O.c1ccc2c(c1)OCO2. The summed E-state index contributed by atoms with van der Waals surface area (Å²) < 4.78 is 10.2. The zero-order chi connectivity index (χ0) is 12.1. The van der Waals surface area contributed by atoms with E-state index in [-0.39, 0.29) is 5.75 Å². The minimum atomic E-state index is 0.146. The second kappa shape index (κ2) is 5.12. The average molecular weight is 231 g/mol. The number of anilines is 1. The van der Waals surface area contributed by atoms with Crippen molar-refractivity contribution in [1.29, 1.82) is 0 Å². The van der Waals surface area contributed by atoms with Gasteiger partial charge in [-0.3, -0.25) is 0 Å². The molecule has 1 aliphatic heterocycles. The van der Waals surface area contributed by atoms with Crippen molar-refractivity contribution in [2.45, 2.75) is 0 Å². The molecule has 3 N–H and O–H groups in total. The van der Waals surface area contributed by atoms with Crippen LogP contribution in [0.5, 0.6) is 17.2 Å². The van der Waals surface area contributed by atoms with Gasteiger partial charge in [0.25, 0.3) is 0 Å². The summed E-state index contributed by atoms with van der Waals surface area (Å²) in [6, 6.07) is 14.3. The van der Waals surface area contributed by atoms with E-state index in [0.717, 1.165) is 11.5 Å². The maximum Gasteiger partial charge on any atom is 0.231 e. The van der Waals surface area contributed by atoms with Crippen molar-refractivity contribution < 1.29 is 14.6 Å². The maximum absolute atomic E-state index is 8.79. The van der Waals surface area contributed by atoms with Gasteiger partial charge in [-0.15, -0.1) is 0 Å². The summed E-state index contributed by atoms with van der Waals surface area (Å²) in [5, 5.41) is 8.79. The quantitative estimate of drug-likeness (QED) is 0.539. The number of nitrogens with two attached hydrogens (primary N) is 1. The first-order valence-electron chi connectivity index (χ1n) is 5.15. The van der Waals surface area contributed by atoms with E-state index in [2.05, 4.69) is 0 Å². The van der Waals surface area contributed by atoms with E-state index in [9.17, 15) is 0 Å². The predicted octanol–water partition coefficient (Wildman–Crippen LogP) is 2.39. The highest BCUT2D eigenvalue weighted by Crippen LogP contribution is 2.30. The largest absolute Gasteiger partial charge is 0.506 e. The van der Waals surface area contributed by atoms with Crippen molar-refractivity contribution in [2.75, 3.05) is 12.5 Å². The van der Waals surface area contributed by atoms with Crippen molar-refractivity contribution in [1.82, 2.24) is 0 Å². The molecule has 88 valence electrons. The number of phenols is 1. The Hall–Kier alpha value is -2.36. The van der Waals surface area contributed by atoms with Gasteiger partial charge in [0.05, 0.1) is 5.69 Å². The molecule has 2 aromatic rings. The first kappa shape index (κ1) is 11.1. The maximum atomic E-state index is 8.79. The molecule has 17 heavy (non-hydrogen) atoms. The van der Waals surface area contributed by atoms with Crippen molar-refractivity contribution >= 4 is 5.69 Å². The number of aromatic hydroxyl groups is 1. The number of nitrogen functional groups attached to an aromatic ring is 1. The van der Waals surface area contributed by atoms with E-state index in [4.69, 9.17) is 20.3 Å². The van der Waals surface area contributed by atoms with E-state index in [1.165, 1.54) is 0 Å². The number of hydrogen-bond acceptors (Lipinski definition) is 4. The normalized spacial score (nSPS) is 11.5. The van der Waals surface area contributed by atoms with Gasteiger partial charge in [-0.1, -0.05) is 24.3 Å². The molecule has 0 radical (unpaired) electrons. The average Bonchev–Trinajstić information content (AvgIpc) is 2.82. The number of phenolic OH excluding ortho intramolecular Hbond substituents is 1. The van der Waals surface area contributed by atoms with Crippen LogP contribution in [-0.4, -0.2) is 11.9 Å². The predicted molar refractivity (Wildman–Crippen MR) is 65.1 cm³/mol. The highest BCUT2D eigenvalue weighted by atomic mass is 16.7. The van der Waals surface area contributed by atoms with Gasteiger partial charge >= 0.3 is 0 Å². The Kier molecular flexibility index (Phi) is 3.35. The molecule has 0 atom stereocenters. The summed E-state index contributed by atoms with van der Waals surface area (Å²) in [4.78, 5) is 0. The lowest BCUT2D eigenvalue weighted by Crippen LogP contribution is -1.92. The molecule has 0 unspecified atom stereocenters. The van der Waals surface area contributed by atoms with Gasteiger partial charge in [-0.25, -0.2) is 0 Å². The Labute approximate surface area is 99.2 Å². The molecular formula is C13H13NO3. The molecule has 0 amide bonds. The fourth-order valence-corrected chi connectivity index (χ4v) is 1.33. The lowest BCUT2D eigenvalue weighted by molar-refractivity contribution is 0.174. The zero-order valence-corrected chi connectivity index (χ0v) is 9.17. The molecule has 4 heteroatoms. The van der Waals surface area contributed by atoms with Crippen LogP contribution in [-0.2, 0) is 0 Å². The van der Waals surface area contributed by atoms with E-state index >= 15 is 0 Å². The molecule has 1 aliphatic rings. The third kappa shape index (κ3) is 2.81. The highest BCUT2D eigenvalue weighted by molar-refractivity contribution is 5.50. The molecule has 0 saturated heterocycles. The van der Waals surface area contributed by atoms with E-state index < -0.39 is 0 Å². The number of rotatable bonds is 0. The van der Waals surface area contributed by atoms with Crippen LogP contribution in [0.4, 0.5) is 5.69 Å². The number of hydrogen-bond donors (Lipinski definition) is 2. The van der Waals surface area contributed by atoms with Crippen molar-refractivity contribution in [3.05, 3.63) is 48.5 Å². The van der Waals surface area contributed by atoms with Crippen LogP contribution < -0.4 is 15.2 Å². The fourth-order valence-electron chi connectivity index (χ4n) is 1.33. The minimum absolute atomic E-state index is 0.146. The molecule has 4 nitrogen and oxygen atoms in total. The van der Waals surface area contributed by atoms with Crippen molar-refractivity contribution in [3.8, 4) is 17.2 Å². The van der Waals surface area contributed by atoms with Gasteiger partial charge in [0.15, 0.2) is 11.5 Å². The Morgan fingerprint density at radius 1 is 0.882 bits per heavy atom. The van der Waals surface area contributed by atoms with Crippen LogP contribution in [0.1, 0.15) is 0 Å². The van der Waals surface area contributed by atoms with Gasteiger partial charge in [-0.2, -0.15) is 0 Å². The summed E-state index contributed by atoms with van der Waals surface area (Å²) >= 11 is 0. The Morgan fingerprint density at radius 2 is 1.41 bits per heavy atom. The van der Waals surface area contributed by atoms with Crippen LogP contribution in [0, 0.1) is 0 Å². The summed E-state index contributed by atoms with van der Waals surface area (Å²) in [7, 11) is 0. The second-order valence-corrected chi connectivity index (χ2v) is 3.41. The third-order valence-electron chi connectivity index (χ3n) is 2.21. The topological polar surface area (TPSA) is 64.7 Å². The molecule has 0 aliphatic carbocycles. The summed E-state index contributed by atoms with van der Waals surface area (Å²) in [5.74, 6) is 1.84. The fraction of sp³-hybridized carbons (Fsp3) is 0.0769. The Balaban J connectivity index is 0.000000128. The summed E-state index contributed by atoms with van der Waals surface area (Å²) in [5.41, 5.74) is 5.69. The molecule has 0 saturated carbocycles. The first-order valence-corrected chi connectivity index (χ1v) is 5.15. The molecule has 3 rings (SSSR count). The molecule has 0 fully saturated rings. The zero-order valence-electron chi connectivity index (χ0n) is 9.17. The molecule has 0 aromatic heterocycles. The molecule has 0 bridgehead atoms. The number of fused-ring (bicyclic) bond motifs is 1. The number of benzene rings is 2. The van der Waals surface area contributed by atoms with Crippen LogP contribution in [0.25, 0.3) is 0 Å². The van der Waals surface area contributed by atoms with Crippen molar-refractivity contribution in [2.24, 2.45) is 0 Å². The second-order valence-electron chi connectivity index (χ2n) is 3.41. The Morgan fingerprint density at radius 3 is 1.88 bits per heavy atom. The van der Waals surface area contributed by atoms with Gasteiger partial charge in [0.2, 0.25) is 6.79 Å². The highest BCUT2D eigenvalue weighted by Gasteiger charge is 2.09. The number of para-hydroxylation sites is 4. The monoisotopic (exact) mass is 231 g/mol. The molecule has 0 spiro atoms. The molecule has 2 aromatic carbocycles. The summed E-state index contributed by atoms with van der Waals surface area (Å²) in [6.45, 7) is 0.360. The lowest BCUT2D eigenvalue weighted by atomic mass is 10.3. The van der Waals surface area contributed by atoms with Crippen LogP contribution >= 0.6 is 0 Å². The van der Waals surface area contributed by atoms with Crippen molar-refractivity contribution in [3.63, 3.8) is 0 Å². The van der Waals surface area contributed by atoms with Crippen LogP contribution in [0.2, 0.25) is 0 Å². The van der Waals surface area contributed by atoms with E-state index in [1.54, 1.807) is 24.3 Å². The van der Waals surface area contributed by atoms with E-state index in [1.807, 2.05) is 24.3 Å². The minimum Gasteiger partial charge on any atom is -0.506 e. The molecular weight excluding hydrogens is 218 g/mol.